The van der Waals surface area contributed by atoms with Crippen molar-refractivity contribution in [1.29, 1.82) is 0 Å². The number of unbranched alkanes of at least 4 members (excludes halogenated alkanes) is 2. The Morgan fingerprint density at radius 1 is 1.09 bits per heavy atom. The summed E-state index contributed by atoms with van der Waals surface area (Å²) in [7, 11) is 0. The minimum atomic E-state index is -0.252. The van der Waals surface area contributed by atoms with Crippen LogP contribution in [0.1, 0.15) is 47.8 Å². The van der Waals surface area contributed by atoms with Gasteiger partial charge in [-0.15, -0.1) is 0 Å². The molecule has 0 atom stereocenters. The van der Waals surface area contributed by atoms with Gasteiger partial charge in [-0.05, 0) is 43.5 Å². The Hall–Kier alpha value is -2.43. The van der Waals surface area contributed by atoms with Gasteiger partial charge >= 0.3 is 0 Å². The van der Waals surface area contributed by atoms with E-state index in [0.717, 1.165) is 24.2 Å². The van der Waals surface area contributed by atoms with Gasteiger partial charge < -0.3 is 10.6 Å². The van der Waals surface area contributed by atoms with Gasteiger partial charge in [-0.1, -0.05) is 25.8 Å². The maximum Gasteiger partial charge on any atom is 0.275 e. The molecule has 0 aliphatic heterocycles. The molecule has 0 aliphatic rings. The molecule has 122 valence electrons. The van der Waals surface area contributed by atoms with E-state index in [2.05, 4.69) is 27.5 Å². The molecule has 1 amide bonds. The molecule has 5 nitrogen and oxygen atoms in total. The minimum absolute atomic E-state index is 0.252. The first-order valence-corrected chi connectivity index (χ1v) is 8.04. The summed E-state index contributed by atoms with van der Waals surface area (Å²) in [4.78, 5) is 20.6. The van der Waals surface area contributed by atoms with Crippen molar-refractivity contribution in [2.24, 2.45) is 0 Å². The third-order valence-corrected chi connectivity index (χ3v) is 3.74. The van der Waals surface area contributed by atoms with Crippen molar-refractivity contribution in [2.45, 2.75) is 40.0 Å². The number of nitrogens with zero attached hydrogens (tertiary/aromatic N) is 2. The average molecular weight is 312 g/mol. The van der Waals surface area contributed by atoms with Crippen LogP contribution in [-0.4, -0.2) is 22.4 Å². The molecule has 0 spiro atoms. The molecule has 1 heterocycles. The third-order valence-electron chi connectivity index (χ3n) is 3.74. The maximum absolute atomic E-state index is 12.2. The molecule has 1 aromatic carbocycles. The lowest BCUT2D eigenvalue weighted by Gasteiger charge is -2.08. The van der Waals surface area contributed by atoms with Crippen LogP contribution in [0.15, 0.2) is 30.6 Å². The summed E-state index contributed by atoms with van der Waals surface area (Å²) in [5.41, 5.74) is 3.41. The summed E-state index contributed by atoms with van der Waals surface area (Å²) in [5, 5.41) is 6.05. The van der Waals surface area contributed by atoms with Crippen LogP contribution in [-0.2, 0) is 0 Å². The van der Waals surface area contributed by atoms with Crippen molar-refractivity contribution in [3.8, 4) is 0 Å². The predicted molar refractivity (Wildman–Crippen MR) is 93.9 cm³/mol. The van der Waals surface area contributed by atoms with Crippen LogP contribution in [0.4, 0.5) is 11.5 Å². The smallest absolute Gasteiger partial charge is 0.275 e. The van der Waals surface area contributed by atoms with Gasteiger partial charge in [0.2, 0.25) is 0 Å². The molecule has 0 saturated heterocycles. The highest BCUT2D eigenvalue weighted by Gasteiger charge is 2.09. The molecule has 0 radical (unpaired) electrons. The first-order chi connectivity index (χ1) is 11.1. The zero-order valence-corrected chi connectivity index (χ0v) is 14.0. The number of nitrogens with one attached hydrogen (secondary N) is 2. The number of aryl methyl sites for hydroxylation is 2. The van der Waals surface area contributed by atoms with Crippen molar-refractivity contribution >= 4 is 17.4 Å². The standard InChI is InChI=1S/C18H24N4O/c1-4-5-6-9-19-17-12-20-16(11-21-17)18(23)22-15-8-7-13(2)14(3)10-15/h7-8,10-12H,4-6,9H2,1-3H3,(H,19,21)(H,22,23). The summed E-state index contributed by atoms with van der Waals surface area (Å²) in [6.07, 6.45) is 6.58. The number of carbonyl (C=O) groups is 1. The van der Waals surface area contributed by atoms with Gasteiger partial charge in [0.15, 0.2) is 0 Å². The van der Waals surface area contributed by atoms with E-state index in [1.54, 1.807) is 6.20 Å². The van der Waals surface area contributed by atoms with Crippen LogP contribution in [0.25, 0.3) is 0 Å². The Balaban J connectivity index is 1.93. The van der Waals surface area contributed by atoms with Gasteiger partial charge in [-0.25, -0.2) is 9.97 Å². The number of aromatic nitrogens is 2. The fourth-order valence-corrected chi connectivity index (χ4v) is 2.14. The number of amides is 1. The fourth-order valence-electron chi connectivity index (χ4n) is 2.14. The van der Waals surface area contributed by atoms with Crippen molar-refractivity contribution < 1.29 is 4.79 Å². The van der Waals surface area contributed by atoms with Crippen LogP contribution in [0.3, 0.4) is 0 Å². The molecule has 0 unspecified atom stereocenters. The van der Waals surface area contributed by atoms with Crippen molar-refractivity contribution in [3.63, 3.8) is 0 Å². The first kappa shape index (κ1) is 16.9. The number of rotatable bonds is 7. The molecule has 0 bridgehead atoms. The van der Waals surface area contributed by atoms with Crippen molar-refractivity contribution in [1.82, 2.24) is 9.97 Å². The maximum atomic E-state index is 12.2. The summed E-state index contributed by atoms with van der Waals surface area (Å²) in [5.74, 6) is 0.446. The van der Waals surface area contributed by atoms with E-state index >= 15 is 0 Å². The second-order valence-corrected chi connectivity index (χ2v) is 5.67. The molecule has 2 N–H and O–H groups in total. The van der Waals surface area contributed by atoms with Crippen LogP contribution in [0.5, 0.6) is 0 Å². The lowest BCUT2D eigenvalue weighted by molar-refractivity contribution is 0.102. The third kappa shape index (κ3) is 5.06. The van der Waals surface area contributed by atoms with Crippen molar-refractivity contribution in [3.05, 3.63) is 47.4 Å². The topological polar surface area (TPSA) is 66.9 Å². The van der Waals surface area contributed by atoms with Gasteiger partial charge in [0.1, 0.15) is 11.5 Å². The quantitative estimate of drug-likeness (QED) is 0.760. The average Bonchev–Trinajstić information content (AvgIpc) is 2.55. The van der Waals surface area contributed by atoms with E-state index in [9.17, 15) is 4.79 Å². The summed E-state index contributed by atoms with van der Waals surface area (Å²) in [6.45, 7) is 7.10. The Morgan fingerprint density at radius 2 is 1.91 bits per heavy atom. The van der Waals surface area contributed by atoms with Crippen LogP contribution in [0.2, 0.25) is 0 Å². The minimum Gasteiger partial charge on any atom is -0.369 e. The molecule has 0 fully saturated rings. The molecular weight excluding hydrogens is 288 g/mol. The first-order valence-electron chi connectivity index (χ1n) is 8.04. The van der Waals surface area contributed by atoms with Crippen molar-refractivity contribution in [2.75, 3.05) is 17.2 Å². The van der Waals surface area contributed by atoms with E-state index < -0.39 is 0 Å². The van der Waals surface area contributed by atoms with Gasteiger partial charge in [0, 0.05) is 12.2 Å². The zero-order valence-electron chi connectivity index (χ0n) is 14.0. The summed E-state index contributed by atoms with van der Waals surface area (Å²) >= 11 is 0. The molecule has 1 aromatic heterocycles. The largest absolute Gasteiger partial charge is 0.369 e. The van der Waals surface area contributed by atoms with Gasteiger partial charge in [0.25, 0.3) is 5.91 Å². The lowest BCUT2D eigenvalue weighted by atomic mass is 10.1. The SMILES string of the molecule is CCCCCNc1cnc(C(=O)Nc2ccc(C)c(C)c2)cn1. The summed E-state index contributed by atoms with van der Waals surface area (Å²) < 4.78 is 0. The monoisotopic (exact) mass is 312 g/mol. The molecule has 23 heavy (non-hydrogen) atoms. The van der Waals surface area contributed by atoms with Gasteiger partial charge in [-0.2, -0.15) is 0 Å². The van der Waals surface area contributed by atoms with E-state index in [0.29, 0.717) is 11.5 Å². The summed E-state index contributed by atoms with van der Waals surface area (Å²) in [6, 6.07) is 5.82. The Morgan fingerprint density at radius 3 is 2.57 bits per heavy atom. The van der Waals surface area contributed by atoms with E-state index in [-0.39, 0.29) is 5.91 Å². The highest BCUT2D eigenvalue weighted by atomic mass is 16.1. The number of carbonyl (C=O) groups excluding carboxylic acids is 1. The molecule has 2 aromatic rings. The normalized spacial score (nSPS) is 10.4. The Kier molecular flexibility index (Phi) is 6.09. The highest BCUT2D eigenvalue weighted by Crippen LogP contribution is 2.15. The van der Waals surface area contributed by atoms with Gasteiger partial charge in [-0.3, -0.25) is 4.79 Å². The lowest BCUT2D eigenvalue weighted by Crippen LogP contribution is -2.14. The van der Waals surface area contributed by atoms with Crippen LogP contribution >= 0.6 is 0 Å². The molecule has 2 rings (SSSR count). The molecule has 0 aliphatic carbocycles. The van der Waals surface area contributed by atoms with Gasteiger partial charge in [0.05, 0.1) is 12.4 Å². The molecular formula is C18H24N4O. The molecule has 0 saturated carbocycles. The van der Waals surface area contributed by atoms with E-state index in [1.807, 2.05) is 32.0 Å². The second-order valence-electron chi connectivity index (χ2n) is 5.67. The Bertz CT molecular complexity index is 653. The van der Waals surface area contributed by atoms with E-state index in [1.165, 1.54) is 24.6 Å². The van der Waals surface area contributed by atoms with E-state index in [4.69, 9.17) is 0 Å². The number of anilines is 2. The highest BCUT2D eigenvalue weighted by molar-refractivity contribution is 6.02. The number of hydrogen-bond donors (Lipinski definition) is 2. The number of benzene rings is 1. The van der Waals surface area contributed by atoms with Crippen LogP contribution < -0.4 is 10.6 Å². The predicted octanol–water partition coefficient (Wildman–Crippen LogP) is 3.95. The zero-order chi connectivity index (χ0) is 16.7. The fraction of sp³-hybridized carbons (Fsp3) is 0.389. The number of hydrogen-bond acceptors (Lipinski definition) is 4. The molecule has 5 heteroatoms. The Labute approximate surface area is 137 Å². The second kappa shape index (κ2) is 8.27. The van der Waals surface area contributed by atoms with Crippen LogP contribution in [0, 0.1) is 13.8 Å².